The Morgan fingerprint density at radius 3 is 0.875 bits per heavy atom. The second kappa shape index (κ2) is 7.56. The van der Waals surface area contributed by atoms with Crippen molar-refractivity contribution in [2.45, 2.75) is 39.5 Å². The lowest BCUT2D eigenvalue weighted by molar-refractivity contribution is -0.126. The van der Waals surface area contributed by atoms with Crippen LogP contribution in [-0.2, 0) is 19.2 Å². The zero-order valence-corrected chi connectivity index (χ0v) is 9.46. The predicted molar refractivity (Wildman–Crippen MR) is 56.1 cm³/mol. The largest absolute Gasteiger partial charge is 0.296 e. The highest BCUT2D eigenvalue weighted by Crippen LogP contribution is 1.96. The number of hydrogen-bond donors (Lipinski definition) is 2. The second-order valence-corrected chi connectivity index (χ2v) is 2.94. The van der Waals surface area contributed by atoms with Crippen LogP contribution in [0.4, 0.5) is 0 Å². The summed E-state index contributed by atoms with van der Waals surface area (Å²) in [7, 11) is 0. The molecular formula is C10H16N2O4. The molecule has 6 nitrogen and oxygen atoms in total. The SMILES string of the molecule is CC.O=C1CCC(=O)N1.O=C1CCC(=O)N1. The molecule has 2 saturated heterocycles. The Hall–Kier alpha value is -1.72. The first-order valence-corrected chi connectivity index (χ1v) is 5.23. The molecule has 0 aromatic heterocycles. The fourth-order valence-electron chi connectivity index (χ4n) is 1.02. The third-order valence-corrected chi connectivity index (χ3v) is 1.72. The van der Waals surface area contributed by atoms with Gasteiger partial charge in [-0.1, -0.05) is 13.8 Å². The normalized spacial score (nSPS) is 17.9. The minimum absolute atomic E-state index is 0.148. The molecule has 16 heavy (non-hydrogen) atoms. The minimum atomic E-state index is -0.148. The smallest absolute Gasteiger partial charge is 0.227 e. The van der Waals surface area contributed by atoms with Gasteiger partial charge >= 0.3 is 0 Å². The van der Waals surface area contributed by atoms with Gasteiger partial charge in [0.05, 0.1) is 0 Å². The quantitative estimate of drug-likeness (QED) is 0.565. The number of carbonyl (C=O) groups excluding carboxylic acids is 4. The van der Waals surface area contributed by atoms with Crippen LogP contribution in [0, 0.1) is 0 Å². The van der Waals surface area contributed by atoms with E-state index >= 15 is 0 Å². The van der Waals surface area contributed by atoms with Crippen LogP contribution in [0.25, 0.3) is 0 Å². The van der Waals surface area contributed by atoms with E-state index in [1.165, 1.54) is 0 Å². The van der Waals surface area contributed by atoms with E-state index in [2.05, 4.69) is 10.6 Å². The molecule has 4 amide bonds. The van der Waals surface area contributed by atoms with Crippen molar-refractivity contribution in [3.63, 3.8) is 0 Å². The summed E-state index contributed by atoms with van der Waals surface area (Å²) in [5.74, 6) is -0.593. The van der Waals surface area contributed by atoms with Crippen molar-refractivity contribution in [2.24, 2.45) is 0 Å². The van der Waals surface area contributed by atoms with Crippen LogP contribution < -0.4 is 10.6 Å². The highest BCUT2D eigenvalue weighted by molar-refractivity contribution is 6.02. The Morgan fingerprint density at radius 1 is 0.625 bits per heavy atom. The number of nitrogens with one attached hydrogen (secondary N) is 2. The Morgan fingerprint density at radius 2 is 0.812 bits per heavy atom. The number of rotatable bonds is 0. The lowest BCUT2D eigenvalue weighted by Gasteiger charge is -1.79. The predicted octanol–water partition coefficient (Wildman–Crippen LogP) is -0.128. The number of carbonyl (C=O) groups is 4. The van der Waals surface area contributed by atoms with Crippen molar-refractivity contribution >= 4 is 23.6 Å². The van der Waals surface area contributed by atoms with E-state index in [0.717, 1.165) is 0 Å². The van der Waals surface area contributed by atoms with E-state index in [9.17, 15) is 19.2 Å². The maximum absolute atomic E-state index is 10.1. The standard InChI is InChI=1S/2C4H5NO2.C2H6/c2*6-3-1-2-4(7)5-3;1-2/h2*1-2H2,(H,5,6,7);1-2H3. The van der Waals surface area contributed by atoms with Crippen molar-refractivity contribution in [3.8, 4) is 0 Å². The number of amides is 4. The molecule has 6 heteroatoms. The molecule has 0 aliphatic carbocycles. The van der Waals surface area contributed by atoms with Crippen LogP contribution in [0.5, 0.6) is 0 Å². The van der Waals surface area contributed by atoms with Gasteiger partial charge in [0.25, 0.3) is 0 Å². The Kier molecular flexibility index (Phi) is 6.74. The van der Waals surface area contributed by atoms with Gasteiger partial charge in [-0.05, 0) is 0 Å². The molecule has 0 spiro atoms. The van der Waals surface area contributed by atoms with Gasteiger partial charge in [-0.2, -0.15) is 0 Å². The van der Waals surface area contributed by atoms with Crippen LogP contribution in [0.3, 0.4) is 0 Å². The lowest BCUT2D eigenvalue weighted by atomic mass is 10.4. The van der Waals surface area contributed by atoms with Gasteiger partial charge in [0.15, 0.2) is 0 Å². The molecule has 90 valence electrons. The first kappa shape index (κ1) is 14.3. The summed E-state index contributed by atoms with van der Waals surface area (Å²) in [5, 5.41) is 4.28. The summed E-state index contributed by atoms with van der Waals surface area (Å²) in [6.45, 7) is 4.00. The van der Waals surface area contributed by atoms with Crippen molar-refractivity contribution in [1.29, 1.82) is 0 Å². The molecule has 2 heterocycles. The molecule has 2 aliphatic heterocycles. The Labute approximate surface area is 93.8 Å². The molecule has 2 N–H and O–H groups in total. The van der Waals surface area contributed by atoms with Crippen molar-refractivity contribution < 1.29 is 19.2 Å². The van der Waals surface area contributed by atoms with E-state index in [-0.39, 0.29) is 23.6 Å². The van der Waals surface area contributed by atoms with Crippen LogP contribution in [0.2, 0.25) is 0 Å². The summed E-state index contributed by atoms with van der Waals surface area (Å²) in [5.41, 5.74) is 0. The molecule has 0 radical (unpaired) electrons. The van der Waals surface area contributed by atoms with Gasteiger partial charge in [-0.25, -0.2) is 0 Å². The third kappa shape index (κ3) is 5.90. The second-order valence-electron chi connectivity index (χ2n) is 2.94. The maximum Gasteiger partial charge on any atom is 0.227 e. The number of hydrogen-bond acceptors (Lipinski definition) is 4. The molecule has 2 fully saturated rings. The third-order valence-electron chi connectivity index (χ3n) is 1.72. The summed E-state index contributed by atoms with van der Waals surface area (Å²) in [6.07, 6.45) is 1.50. The van der Waals surface area contributed by atoms with Crippen molar-refractivity contribution in [3.05, 3.63) is 0 Å². The van der Waals surface area contributed by atoms with Crippen molar-refractivity contribution in [2.75, 3.05) is 0 Å². The van der Waals surface area contributed by atoms with Crippen molar-refractivity contribution in [1.82, 2.24) is 10.6 Å². The maximum atomic E-state index is 10.1. The molecule has 0 aromatic rings. The summed E-state index contributed by atoms with van der Waals surface area (Å²) >= 11 is 0. The van der Waals surface area contributed by atoms with E-state index in [1.807, 2.05) is 13.8 Å². The fourth-order valence-corrected chi connectivity index (χ4v) is 1.02. The molecular weight excluding hydrogens is 212 g/mol. The van der Waals surface area contributed by atoms with E-state index in [4.69, 9.17) is 0 Å². The van der Waals surface area contributed by atoms with E-state index < -0.39 is 0 Å². The van der Waals surface area contributed by atoms with Crippen LogP contribution in [0.15, 0.2) is 0 Å². The van der Waals surface area contributed by atoms with E-state index in [1.54, 1.807) is 0 Å². The van der Waals surface area contributed by atoms with Gasteiger partial charge in [-0.3, -0.25) is 29.8 Å². The molecule has 0 saturated carbocycles. The van der Waals surface area contributed by atoms with Gasteiger partial charge in [0.1, 0.15) is 0 Å². The van der Waals surface area contributed by atoms with Gasteiger partial charge in [0.2, 0.25) is 23.6 Å². The van der Waals surface area contributed by atoms with Crippen LogP contribution in [-0.4, -0.2) is 23.6 Å². The average molecular weight is 228 g/mol. The van der Waals surface area contributed by atoms with Crippen LogP contribution >= 0.6 is 0 Å². The summed E-state index contributed by atoms with van der Waals surface area (Å²) in [4.78, 5) is 40.5. The van der Waals surface area contributed by atoms with Gasteiger partial charge in [0, 0.05) is 25.7 Å². The Balaban J connectivity index is 0.000000244. The average Bonchev–Trinajstić information content (AvgIpc) is 2.80. The summed E-state index contributed by atoms with van der Waals surface area (Å²) in [6, 6.07) is 0. The van der Waals surface area contributed by atoms with Crippen LogP contribution in [0.1, 0.15) is 39.5 Å². The summed E-state index contributed by atoms with van der Waals surface area (Å²) < 4.78 is 0. The molecule has 2 rings (SSSR count). The minimum Gasteiger partial charge on any atom is -0.296 e. The molecule has 0 atom stereocenters. The van der Waals surface area contributed by atoms with E-state index in [0.29, 0.717) is 25.7 Å². The fraction of sp³-hybridized carbons (Fsp3) is 0.600. The zero-order valence-electron chi connectivity index (χ0n) is 9.46. The topological polar surface area (TPSA) is 92.3 Å². The Bertz CT molecular complexity index is 241. The number of imide groups is 2. The molecule has 2 aliphatic rings. The molecule has 0 aromatic carbocycles. The monoisotopic (exact) mass is 228 g/mol. The highest BCUT2D eigenvalue weighted by Gasteiger charge is 2.16. The first-order valence-electron chi connectivity index (χ1n) is 5.23. The highest BCUT2D eigenvalue weighted by atomic mass is 16.2. The first-order chi connectivity index (χ1) is 7.58. The molecule has 0 unspecified atom stereocenters. The molecule has 0 bridgehead atoms. The lowest BCUT2D eigenvalue weighted by Crippen LogP contribution is -2.18. The zero-order chi connectivity index (χ0) is 12.6. The van der Waals surface area contributed by atoms with Gasteiger partial charge in [-0.15, -0.1) is 0 Å². The van der Waals surface area contributed by atoms with Gasteiger partial charge < -0.3 is 0 Å².